The van der Waals surface area contributed by atoms with E-state index in [0.717, 1.165) is 5.75 Å². The summed E-state index contributed by atoms with van der Waals surface area (Å²) in [5, 5.41) is 3.17. The van der Waals surface area contributed by atoms with E-state index in [9.17, 15) is 14.4 Å². The van der Waals surface area contributed by atoms with Gasteiger partial charge in [0, 0.05) is 26.1 Å². The third kappa shape index (κ3) is 4.27. The first kappa shape index (κ1) is 19.7. The fourth-order valence-corrected chi connectivity index (χ4v) is 3.85. The number of aromatic nitrogens is 2. The van der Waals surface area contributed by atoms with Gasteiger partial charge in [-0.15, -0.1) is 0 Å². The molecule has 3 rings (SSSR count). The van der Waals surface area contributed by atoms with Crippen molar-refractivity contribution in [2.24, 2.45) is 0 Å². The first-order valence-electron chi connectivity index (χ1n) is 8.65. The highest BCUT2D eigenvalue weighted by Gasteiger charge is 2.29. The molecule has 0 bridgehead atoms. The molecule has 0 aliphatic carbocycles. The summed E-state index contributed by atoms with van der Waals surface area (Å²) in [5.41, 5.74) is 1.54. The molecule has 1 aliphatic heterocycles. The number of rotatable bonds is 5. The molecule has 3 heterocycles. The molecule has 1 N–H and O–H groups in total. The quantitative estimate of drug-likeness (QED) is 0.810. The number of nitrogens with zero attached hydrogens (tertiary/aromatic N) is 3. The minimum absolute atomic E-state index is 0.166. The maximum Gasteiger partial charge on any atom is 0.263 e. The van der Waals surface area contributed by atoms with E-state index in [2.05, 4.69) is 10.3 Å². The number of pyridine rings is 1. The van der Waals surface area contributed by atoms with Gasteiger partial charge in [-0.05, 0) is 30.6 Å². The first-order chi connectivity index (χ1) is 12.9. The molecule has 2 aromatic heterocycles. The lowest BCUT2D eigenvalue weighted by atomic mass is 10.0. The summed E-state index contributed by atoms with van der Waals surface area (Å²) in [5.74, 6) is 0.351. The second-order valence-electron chi connectivity index (χ2n) is 6.46. The van der Waals surface area contributed by atoms with Crippen molar-refractivity contribution in [1.82, 2.24) is 19.6 Å². The Balaban J connectivity index is 1.89. The molecule has 9 heteroatoms. The normalized spacial score (nSPS) is 14.7. The van der Waals surface area contributed by atoms with Crippen molar-refractivity contribution < 1.29 is 9.59 Å². The molecule has 0 radical (unpaired) electrons. The average Bonchev–Trinajstić information content (AvgIpc) is 2.65. The highest BCUT2D eigenvalue weighted by atomic mass is 35.5. The van der Waals surface area contributed by atoms with Crippen molar-refractivity contribution in [1.29, 1.82) is 0 Å². The van der Waals surface area contributed by atoms with E-state index >= 15 is 0 Å². The van der Waals surface area contributed by atoms with Gasteiger partial charge in [0.25, 0.3) is 5.56 Å². The van der Waals surface area contributed by atoms with E-state index in [1.54, 1.807) is 28.8 Å². The number of thioether (sulfide) groups is 1. The van der Waals surface area contributed by atoms with Crippen molar-refractivity contribution in [3.63, 3.8) is 0 Å². The maximum atomic E-state index is 12.9. The van der Waals surface area contributed by atoms with Gasteiger partial charge in [-0.2, -0.15) is 11.8 Å². The predicted octanol–water partition coefficient (Wildman–Crippen LogP) is 1.49. The molecule has 1 atom stereocenters. The lowest BCUT2D eigenvalue weighted by Gasteiger charge is -2.31. The molecule has 7 nitrogen and oxygen atoms in total. The smallest absolute Gasteiger partial charge is 0.263 e. The van der Waals surface area contributed by atoms with E-state index in [1.165, 1.54) is 17.5 Å². The summed E-state index contributed by atoms with van der Waals surface area (Å²) >= 11 is 7.61. The van der Waals surface area contributed by atoms with Crippen LogP contribution < -0.4 is 10.9 Å². The van der Waals surface area contributed by atoms with Gasteiger partial charge >= 0.3 is 0 Å². The Labute approximate surface area is 166 Å². The van der Waals surface area contributed by atoms with Crippen molar-refractivity contribution in [2.45, 2.75) is 32.4 Å². The number of amides is 2. The van der Waals surface area contributed by atoms with E-state index < -0.39 is 6.04 Å². The number of hydrogen-bond donors (Lipinski definition) is 1. The minimum Gasteiger partial charge on any atom is -0.345 e. The summed E-state index contributed by atoms with van der Waals surface area (Å²) in [6.07, 6.45) is 4.54. The lowest BCUT2D eigenvalue weighted by molar-refractivity contribution is -0.137. The summed E-state index contributed by atoms with van der Waals surface area (Å²) in [6, 6.07) is 2.82. The van der Waals surface area contributed by atoms with Crippen molar-refractivity contribution >= 4 is 40.8 Å². The fourth-order valence-electron chi connectivity index (χ4n) is 3.22. The topological polar surface area (TPSA) is 83.8 Å². The highest BCUT2D eigenvalue weighted by molar-refractivity contribution is 7.98. The second kappa shape index (κ2) is 8.31. The summed E-state index contributed by atoms with van der Waals surface area (Å²) < 4.78 is 1.41. The number of nitrogens with one attached hydrogen (secondary N) is 1. The summed E-state index contributed by atoms with van der Waals surface area (Å²) in [4.78, 5) is 43.4. The van der Waals surface area contributed by atoms with E-state index in [0.29, 0.717) is 41.3 Å². The number of fused-ring (bicyclic) bond motifs is 2. The summed E-state index contributed by atoms with van der Waals surface area (Å²) in [7, 11) is 0. The zero-order valence-electron chi connectivity index (χ0n) is 15.2. The Hall–Kier alpha value is -2.06. The molecule has 1 unspecified atom stereocenters. The third-order valence-corrected chi connectivity index (χ3v) is 5.40. The Morgan fingerprint density at radius 2 is 2.19 bits per heavy atom. The Bertz CT molecular complexity index is 946. The lowest BCUT2D eigenvalue weighted by Crippen LogP contribution is -2.50. The van der Waals surface area contributed by atoms with Crippen molar-refractivity contribution in [3.05, 3.63) is 45.0 Å². The number of carbonyl (C=O) groups excluding carboxylic acids is 2. The second-order valence-corrected chi connectivity index (χ2v) is 7.88. The van der Waals surface area contributed by atoms with Crippen LogP contribution in [0.5, 0.6) is 0 Å². The Kier molecular flexibility index (Phi) is 6.06. The van der Waals surface area contributed by atoms with Gasteiger partial charge in [-0.3, -0.25) is 18.8 Å². The Morgan fingerprint density at radius 1 is 1.41 bits per heavy atom. The van der Waals surface area contributed by atoms with Crippen LogP contribution >= 0.6 is 23.4 Å². The zero-order valence-corrected chi connectivity index (χ0v) is 16.8. The zero-order chi connectivity index (χ0) is 19.6. The molecule has 0 spiro atoms. The van der Waals surface area contributed by atoms with Crippen LogP contribution in [-0.4, -0.2) is 50.7 Å². The molecule has 0 fully saturated rings. The van der Waals surface area contributed by atoms with Crippen LogP contribution in [-0.2, 0) is 22.6 Å². The average molecular weight is 409 g/mol. The molecule has 2 amide bonds. The predicted molar refractivity (Wildman–Crippen MR) is 106 cm³/mol. The van der Waals surface area contributed by atoms with Crippen LogP contribution in [0, 0.1) is 0 Å². The van der Waals surface area contributed by atoms with Crippen molar-refractivity contribution in [3.8, 4) is 0 Å². The first-order valence-corrected chi connectivity index (χ1v) is 10.4. The molecular formula is C18H21ClN4O3S. The standard InChI is InChI=1S/C18H21ClN4O3S/c1-11(24)20-15(6-8-27-2)18(26)22-7-5-14-13(10-22)17(25)23-9-12(19)3-4-16(23)21-14/h3-4,9,15H,5-8,10H2,1-2H3,(H,20,24). The minimum atomic E-state index is -0.581. The van der Waals surface area contributed by atoms with Crippen LogP contribution in [0.15, 0.2) is 23.1 Å². The molecule has 144 valence electrons. The highest BCUT2D eigenvalue weighted by Crippen LogP contribution is 2.18. The number of carbonyl (C=O) groups is 2. The molecule has 2 aromatic rings. The molecule has 0 aromatic carbocycles. The van der Waals surface area contributed by atoms with Gasteiger partial charge in [0.1, 0.15) is 11.7 Å². The van der Waals surface area contributed by atoms with E-state index in [1.807, 2.05) is 6.26 Å². The van der Waals surface area contributed by atoms with Gasteiger partial charge in [0.2, 0.25) is 11.8 Å². The monoisotopic (exact) mass is 408 g/mol. The van der Waals surface area contributed by atoms with Crippen LogP contribution in [0.4, 0.5) is 0 Å². The van der Waals surface area contributed by atoms with Gasteiger partial charge in [0.15, 0.2) is 0 Å². The maximum absolute atomic E-state index is 12.9. The van der Waals surface area contributed by atoms with Gasteiger partial charge < -0.3 is 10.2 Å². The van der Waals surface area contributed by atoms with Crippen molar-refractivity contribution in [2.75, 3.05) is 18.6 Å². The van der Waals surface area contributed by atoms with Crippen LogP contribution in [0.25, 0.3) is 5.65 Å². The van der Waals surface area contributed by atoms with Crippen LogP contribution in [0.1, 0.15) is 24.6 Å². The third-order valence-electron chi connectivity index (χ3n) is 4.53. The Morgan fingerprint density at radius 3 is 2.89 bits per heavy atom. The number of hydrogen-bond acceptors (Lipinski definition) is 5. The van der Waals surface area contributed by atoms with Gasteiger partial charge in [-0.1, -0.05) is 11.6 Å². The van der Waals surface area contributed by atoms with E-state index in [-0.39, 0.29) is 23.9 Å². The van der Waals surface area contributed by atoms with Crippen LogP contribution in [0.3, 0.4) is 0 Å². The fraction of sp³-hybridized carbons (Fsp3) is 0.444. The molecular weight excluding hydrogens is 388 g/mol. The molecule has 0 saturated carbocycles. The number of halogens is 1. The SMILES string of the molecule is CSCCC(NC(C)=O)C(=O)N1CCc2nc3ccc(Cl)cn3c(=O)c2C1. The molecule has 27 heavy (non-hydrogen) atoms. The van der Waals surface area contributed by atoms with Gasteiger partial charge in [0.05, 0.1) is 22.8 Å². The van der Waals surface area contributed by atoms with Crippen LogP contribution in [0.2, 0.25) is 5.02 Å². The molecule has 1 aliphatic rings. The van der Waals surface area contributed by atoms with Gasteiger partial charge in [-0.25, -0.2) is 4.98 Å². The molecule has 0 saturated heterocycles. The van der Waals surface area contributed by atoms with E-state index in [4.69, 9.17) is 11.6 Å². The largest absolute Gasteiger partial charge is 0.345 e. The summed E-state index contributed by atoms with van der Waals surface area (Å²) in [6.45, 7) is 2.05.